The summed E-state index contributed by atoms with van der Waals surface area (Å²) < 4.78 is 6.13. The number of aryl methyl sites for hydroxylation is 1. The van der Waals surface area contributed by atoms with Crippen LogP contribution in [0, 0.1) is 11.8 Å². The molecule has 0 spiro atoms. The molecule has 1 fully saturated rings. The van der Waals surface area contributed by atoms with Gasteiger partial charge in [0.1, 0.15) is 0 Å². The summed E-state index contributed by atoms with van der Waals surface area (Å²) in [5, 5.41) is 0. The van der Waals surface area contributed by atoms with Gasteiger partial charge in [0.2, 0.25) is 0 Å². The first kappa shape index (κ1) is 12.6. The molecule has 1 saturated carbocycles. The number of rotatable bonds is 5. The van der Waals surface area contributed by atoms with Gasteiger partial charge >= 0.3 is 5.97 Å². The Labute approximate surface area is 110 Å². The van der Waals surface area contributed by atoms with Crippen molar-refractivity contribution < 1.29 is 9.53 Å². The van der Waals surface area contributed by atoms with Crippen molar-refractivity contribution in [2.75, 3.05) is 6.61 Å². The van der Waals surface area contributed by atoms with Crippen molar-refractivity contribution in [2.24, 2.45) is 11.8 Å². The van der Waals surface area contributed by atoms with E-state index >= 15 is 0 Å². The van der Waals surface area contributed by atoms with Gasteiger partial charge in [0.25, 0.3) is 0 Å². The molecule has 0 saturated heterocycles. The monoisotopic (exact) mass is 296 g/mol. The zero-order valence-corrected chi connectivity index (χ0v) is 11.6. The zero-order valence-electron chi connectivity index (χ0n) is 9.99. The molecule has 92 valence electrons. The van der Waals surface area contributed by atoms with Crippen LogP contribution < -0.4 is 0 Å². The Morgan fingerprint density at radius 2 is 2.12 bits per heavy atom. The van der Waals surface area contributed by atoms with Crippen molar-refractivity contribution in [3.8, 4) is 0 Å². The maximum absolute atomic E-state index is 11.4. The summed E-state index contributed by atoms with van der Waals surface area (Å²) in [4.78, 5) is 11.4. The molecule has 2 atom stereocenters. The predicted molar refractivity (Wildman–Crippen MR) is 70.7 cm³/mol. The van der Waals surface area contributed by atoms with Gasteiger partial charge in [-0.3, -0.25) is 4.79 Å². The minimum absolute atomic E-state index is 0.00620. The van der Waals surface area contributed by atoms with Crippen LogP contribution in [0.25, 0.3) is 0 Å². The van der Waals surface area contributed by atoms with Gasteiger partial charge in [0.15, 0.2) is 0 Å². The van der Waals surface area contributed by atoms with E-state index in [0.29, 0.717) is 12.5 Å². The normalized spacial score (nSPS) is 22.2. The smallest absolute Gasteiger partial charge is 0.309 e. The molecule has 0 aliphatic heterocycles. The van der Waals surface area contributed by atoms with E-state index in [1.165, 1.54) is 5.56 Å². The third kappa shape index (κ3) is 3.56. The van der Waals surface area contributed by atoms with Gasteiger partial charge in [-0.05, 0) is 49.8 Å². The molecule has 0 N–H and O–H groups in total. The summed E-state index contributed by atoms with van der Waals surface area (Å²) in [7, 11) is 0. The Balaban J connectivity index is 1.74. The Bertz CT molecular complexity index is 386. The molecular weight excluding hydrogens is 280 g/mol. The van der Waals surface area contributed by atoms with Crippen LogP contribution in [0.1, 0.15) is 25.3 Å². The van der Waals surface area contributed by atoms with E-state index in [1.807, 2.05) is 6.92 Å². The fourth-order valence-electron chi connectivity index (χ4n) is 2.11. The third-order valence-electron chi connectivity index (χ3n) is 3.23. The lowest BCUT2D eigenvalue weighted by molar-refractivity contribution is -0.145. The summed E-state index contributed by atoms with van der Waals surface area (Å²) in [6.07, 6.45) is 3.15. The number of benzene rings is 1. The Morgan fingerprint density at radius 1 is 1.41 bits per heavy atom. The van der Waals surface area contributed by atoms with Gasteiger partial charge in [0.05, 0.1) is 12.5 Å². The minimum atomic E-state index is -0.00620. The summed E-state index contributed by atoms with van der Waals surface area (Å²) in [5.41, 5.74) is 1.34. The highest BCUT2D eigenvalue weighted by Gasteiger charge is 2.43. The van der Waals surface area contributed by atoms with Crippen molar-refractivity contribution in [3.05, 3.63) is 34.3 Å². The number of esters is 1. The van der Waals surface area contributed by atoms with Crippen molar-refractivity contribution >= 4 is 21.9 Å². The van der Waals surface area contributed by atoms with E-state index in [0.717, 1.165) is 23.7 Å². The van der Waals surface area contributed by atoms with Crippen LogP contribution in [0.2, 0.25) is 0 Å². The van der Waals surface area contributed by atoms with E-state index in [1.54, 1.807) is 0 Å². The number of halogens is 1. The highest BCUT2D eigenvalue weighted by molar-refractivity contribution is 9.10. The van der Waals surface area contributed by atoms with Crippen molar-refractivity contribution in [3.63, 3.8) is 0 Å². The van der Waals surface area contributed by atoms with Crippen LogP contribution in [-0.2, 0) is 16.0 Å². The van der Waals surface area contributed by atoms with Crippen LogP contribution in [0.5, 0.6) is 0 Å². The lowest BCUT2D eigenvalue weighted by Gasteiger charge is -2.02. The summed E-state index contributed by atoms with van der Waals surface area (Å²) in [6, 6.07) is 8.38. The van der Waals surface area contributed by atoms with Crippen LogP contribution in [-0.4, -0.2) is 12.6 Å². The molecule has 3 heteroatoms. The van der Waals surface area contributed by atoms with Crippen LogP contribution in [0.3, 0.4) is 0 Å². The Hall–Kier alpha value is -0.830. The fourth-order valence-corrected chi connectivity index (χ4v) is 2.37. The summed E-state index contributed by atoms with van der Waals surface area (Å²) >= 11 is 3.42. The molecule has 17 heavy (non-hydrogen) atoms. The van der Waals surface area contributed by atoms with Crippen molar-refractivity contribution in [1.29, 1.82) is 0 Å². The quantitative estimate of drug-likeness (QED) is 0.776. The maximum Gasteiger partial charge on any atom is 0.309 e. The number of hydrogen-bond acceptors (Lipinski definition) is 2. The van der Waals surface area contributed by atoms with Crippen molar-refractivity contribution in [1.82, 2.24) is 0 Å². The number of ether oxygens (including phenoxy) is 1. The second-order valence-corrected chi connectivity index (χ2v) is 5.44. The van der Waals surface area contributed by atoms with Gasteiger partial charge in [0, 0.05) is 4.47 Å². The van der Waals surface area contributed by atoms with Crippen LogP contribution >= 0.6 is 15.9 Å². The lowest BCUT2D eigenvalue weighted by Crippen LogP contribution is -2.07. The molecule has 0 bridgehead atoms. The molecule has 0 heterocycles. The molecule has 2 rings (SSSR count). The Morgan fingerprint density at radius 3 is 2.76 bits per heavy atom. The molecule has 2 nitrogen and oxygen atoms in total. The fraction of sp³-hybridized carbons (Fsp3) is 0.500. The third-order valence-corrected chi connectivity index (χ3v) is 3.76. The highest BCUT2D eigenvalue weighted by Crippen LogP contribution is 2.42. The van der Waals surface area contributed by atoms with Gasteiger partial charge < -0.3 is 4.74 Å². The van der Waals surface area contributed by atoms with E-state index < -0.39 is 0 Å². The number of carbonyl (C=O) groups is 1. The van der Waals surface area contributed by atoms with Crippen LogP contribution in [0.15, 0.2) is 28.7 Å². The van der Waals surface area contributed by atoms with E-state index in [2.05, 4.69) is 40.2 Å². The highest BCUT2D eigenvalue weighted by atomic mass is 79.9. The summed E-state index contributed by atoms with van der Waals surface area (Å²) in [5.74, 6) is 0.705. The molecule has 0 amide bonds. The average molecular weight is 297 g/mol. The van der Waals surface area contributed by atoms with Gasteiger partial charge in [-0.25, -0.2) is 0 Å². The van der Waals surface area contributed by atoms with E-state index in [-0.39, 0.29) is 11.9 Å². The van der Waals surface area contributed by atoms with Crippen LogP contribution in [0.4, 0.5) is 0 Å². The first-order chi connectivity index (χ1) is 8.20. The molecule has 1 aliphatic rings. The predicted octanol–water partition coefficient (Wildman–Crippen LogP) is 3.58. The number of carbonyl (C=O) groups excluding carboxylic acids is 1. The van der Waals surface area contributed by atoms with Gasteiger partial charge in [-0.1, -0.05) is 28.1 Å². The van der Waals surface area contributed by atoms with Gasteiger partial charge in [-0.15, -0.1) is 0 Å². The lowest BCUT2D eigenvalue weighted by atomic mass is 10.1. The zero-order chi connectivity index (χ0) is 12.3. The largest absolute Gasteiger partial charge is 0.466 e. The topological polar surface area (TPSA) is 26.3 Å². The maximum atomic E-state index is 11.4. The first-order valence-electron chi connectivity index (χ1n) is 6.11. The molecule has 1 aromatic rings. The minimum Gasteiger partial charge on any atom is -0.466 e. The SMILES string of the molecule is CCOC(=O)[C@H]1C[C@@H]1CCc1ccc(Br)cc1. The average Bonchev–Trinajstić information content (AvgIpc) is 3.08. The van der Waals surface area contributed by atoms with Crippen molar-refractivity contribution in [2.45, 2.75) is 26.2 Å². The van der Waals surface area contributed by atoms with E-state index in [9.17, 15) is 4.79 Å². The molecule has 1 aromatic carbocycles. The second kappa shape index (κ2) is 5.67. The molecular formula is C14H17BrO2. The molecule has 0 aromatic heterocycles. The Kier molecular flexibility index (Phi) is 4.21. The molecule has 0 radical (unpaired) electrons. The number of hydrogen-bond donors (Lipinski definition) is 0. The molecule has 0 unspecified atom stereocenters. The standard InChI is InChI=1S/C14H17BrO2/c1-2-17-14(16)13-9-11(13)6-3-10-4-7-12(15)8-5-10/h4-5,7-8,11,13H,2-3,6,9H2,1H3/t11-,13-/m0/s1. The second-order valence-electron chi connectivity index (χ2n) is 4.52. The first-order valence-corrected chi connectivity index (χ1v) is 6.91. The molecule has 1 aliphatic carbocycles. The van der Waals surface area contributed by atoms with E-state index in [4.69, 9.17) is 4.74 Å². The summed E-state index contributed by atoms with van der Waals surface area (Å²) in [6.45, 7) is 2.35. The van der Waals surface area contributed by atoms with Gasteiger partial charge in [-0.2, -0.15) is 0 Å².